The lowest BCUT2D eigenvalue weighted by Crippen LogP contribution is -2.25. The van der Waals surface area contributed by atoms with Gasteiger partial charge in [0.15, 0.2) is 0 Å². The van der Waals surface area contributed by atoms with E-state index in [2.05, 4.69) is 5.32 Å². The van der Waals surface area contributed by atoms with Crippen LogP contribution in [-0.2, 0) is 17.5 Å². The number of carbonyl (C=O) groups excluding carboxylic acids is 2. The third kappa shape index (κ3) is 4.04. The molecule has 1 saturated heterocycles. The van der Waals surface area contributed by atoms with Crippen molar-refractivity contribution >= 4 is 17.5 Å². The molecule has 1 fully saturated rings. The van der Waals surface area contributed by atoms with Gasteiger partial charge in [-0.3, -0.25) is 9.59 Å². The number of hydrogen-bond donors (Lipinski definition) is 1. The summed E-state index contributed by atoms with van der Waals surface area (Å²) in [6.07, 6.45) is -3.15. The van der Waals surface area contributed by atoms with Crippen LogP contribution in [0.1, 0.15) is 34.3 Å². The smallest absolute Gasteiger partial charge is 0.348 e. The topological polar surface area (TPSA) is 49.4 Å². The van der Waals surface area contributed by atoms with Gasteiger partial charge in [0.05, 0.1) is 5.56 Å². The van der Waals surface area contributed by atoms with Gasteiger partial charge in [-0.15, -0.1) is 0 Å². The molecule has 2 aromatic carbocycles. The van der Waals surface area contributed by atoms with E-state index in [1.54, 1.807) is 23.1 Å². The molecule has 2 amide bonds. The van der Waals surface area contributed by atoms with Crippen LogP contribution in [0.4, 0.5) is 18.9 Å². The van der Waals surface area contributed by atoms with E-state index in [0.717, 1.165) is 29.8 Å². The fourth-order valence-electron chi connectivity index (χ4n) is 2.88. The predicted molar refractivity (Wildman–Crippen MR) is 90.6 cm³/mol. The third-order valence-corrected chi connectivity index (χ3v) is 4.20. The van der Waals surface area contributed by atoms with Crippen LogP contribution in [-0.4, -0.2) is 18.4 Å². The SMILES string of the molecule is O=C(NCc1cccc(N2CCCC2=O)c1)c1cccc(C(F)(F)F)c1. The zero-order valence-electron chi connectivity index (χ0n) is 13.8. The van der Waals surface area contributed by atoms with E-state index in [1.807, 2.05) is 6.07 Å². The van der Waals surface area contributed by atoms with Gasteiger partial charge in [-0.05, 0) is 42.3 Å². The van der Waals surface area contributed by atoms with E-state index < -0.39 is 17.6 Å². The van der Waals surface area contributed by atoms with Crippen molar-refractivity contribution in [3.05, 3.63) is 65.2 Å². The summed E-state index contributed by atoms with van der Waals surface area (Å²) in [5.41, 5.74) is 0.617. The maximum absolute atomic E-state index is 12.7. The highest BCUT2D eigenvalue weighted by Crippen LogP contribution is 2.29. The molecule has 0 atom stereocenters. The third-order valence-electron chi connectivity index (χ3n) is 4.20. The van der Waals surface area contributed by atoms with Gasteiger partial charge in [-0.25, -0.2) is 0 Å². The van der Waals surface area contributed by atoms with E-state index in [9.17, 15) is 22.8 Å². The lowest BCUT2D eigenvalue weighted by molar-refractivity contribution is -0.137. The Kier molecular flexibility index (Phi) is 4.97. The first-order chi connectivity index (χ1) is 12.3. The molecule has 0 aliphatic carbocycles. The summed E-state index contributed by atoms with van der Waals surface area (Å²) in [5.74, 6) is -0.520. The Morgan fingerprint density at radius 3 is 2.58 bits per heavy atom. The fourth-order valence-corrected chi connectivity index (χ4v) is 2.88. The summed E-state index contributed by atoms with van der Waals surface area (Å²) < 4.78 is 38.2. The van der Waals surface area contributed by atoms with Crippen molar-refractivity contribution in [3.63, 3.8) is 0 Å². The van der Waals surface area contributed by atoms with Crippen molar-refractivity contribution in [2.24, 2.45) is 0 Å². The van der Waals surface area contributed by atoms with E-state index in [0.29, 0.717) is 13.0 Å². The van der Waals surface area contributed by atoms with Gasteiger partial charge in [0.2, 0.25) is 5.91 Å². The second-order valence-electron chi connectivity index (χ2n) is 6.08. The van der Waals surface area contributed by atoms with Crippen molar-refractivity contribution in [2.45, 2.75) is 25.6 Å². The number of benzene rings is 2. The second kappa shape index (κ2) is 7.19. The average Bonchev–Trinajstić information content (AvgIpc) is 3.05. The largest absolute Gasteiger partial charge is 0.416 e. The van der Waals surface area contributed by atoms with Crippen molar-refractivity contribution in [1.82, 2.24) is 5.32 Å². The maximum atomic E-state index is 12.7. The number of hydrogen-bond acceptors (Lipinski definition) is 2. The Morgan fingerprint density at radius 2 is 1.88 bits per heavy atom. The second-order valence-corrected chi connectivity index (χ2v) is 6.08. The number of nitrogens with zero attached hydrogens (tertiary/aromatic N) is 1. The van der Waals surface area contributed by atoms with Crippen LogP contribution in [0.5, 0.6) is 0 Å². The molecule has 7 heteroatoms. The highest BCUT2D eigenvalue weighted by Gasteiger charge is 2.30. The Morgan fingerprint density at radius 1 is 1.12 bits per heavy atom. The van der Waals surface area contributed by atoms with Gasteiger partial charge in [0, 0.05) is 30.8 Å². The molecule has 1 N–H and O–H groups in total. The van der Waals surface area contributed by atoms with Crippen LogP contribution < -0.4 is 10.2 Å². The summed E-state index contributed by atoms with van der Waals surface area (Å²) in [5, 5.41) is 2.61. The van der Waals surface area contributed by atoms with Gasteiger partial charge < -0.3 is 10.2 Å². The standard InChI is InChI=1S/C19H17F3N2O2/c20-19(21,22)15-6-2-5-14(11-15)18(26)23-12-13-4-1-7-16(10-13)24-9-3-8-17(24)25/h1-2,4-7,10-11H,3,8-9,12H2,(H,23,26). The molecule has 1 aliphatic heterocycles. The van der Waals surface area contributed by atoms with Crippen LogP contribution in [0.3, 0.4) is 0 Å². The van der Waals surface area contributed by atoms with Gasteiger partial charge in [-0.2, -0.15) is 13.2 Å². The zero-order valence-corrected chi connectivity index (χ0v) is 13.8. The lowest BCUT2D eigenvalue weighted by Gasteiger charge is -2.16. The molecule has 0 aromatic heterocycles. The van der Waals surface area contributed by atoms with Gasteiger partial charge in [0.25, 0.3) is 5.91 Å². The van der Waals surface area contributed by atoms with Crippen LogP contribution in [0.2, 0.25) is 0 Å². The first-order valence-corrected chi connectivity index (χ1v) is 8.19. The number of nitrogens with one attached hydrogen (secondary N) is 1. The molecule has 0 spiro atoms. The van der Waals surface area contributed by atoms with Gasteiger partial charge in [-0.1, -0.05) is 18.2 Å². The molecule has 26 heavy (non-hydrogen) atoms. The van der Waals surface area contributed by atoms with Crippen LogP contribution in [0.15, 0.2) is 48.5 Å². The molecule has 4 nitrogen and oxygen atoms in total. The van der Waals surface area contributed by atoms with Crippen molar-refractivity contribution in [2.75, 3.05) is 11.4 Å². The number of alkyl halides is 3. The van der Waals surface area contributed by atoms with Crippen molar-refractivity contribution < 1.29 is 22.8 Å². The summed E-state index contributed by atoms with van der Waals surface area (Å²) in [4.78, 5) is 25.7. The molecule has 1 heterocycles. The van der Waals surface area contributed by atoms with E-state index in [1.165, 1.54) is 12.1 Å². The monoisotopic (exact) mass is 362 g/mol. The summed E-state index contributed by atoms with van der Waals surface area (Å²) in [6, 6.07) is 11.5. The van der Waals surface area contributed by atoms with Gasteiger partial charge in [0.1, 0.15) is 0 Å². The first kappa shape index (κ1) is 18.0. The normalized spacial score (nSPS) is 14.6. The van der Waals surface area contributed by atoms with Crippen LogP contribution in [0.25, 0.3) is 0 Å². The highest BCUT2D eigenvalue weighted by molar-refractivity contribution is 5.95. The minimum absolute atomic E-state index is 0.0503. The van der Waals surface area contributed by atoms with Gasteiger partial charge >= 0.3 is 6.18 Å². The molecule has 136 valence electrons. The highest BCUT2D eigenvalue weighted by atomic mass is 19.4. The Labute approximate surface area is 148 Å². The average molecular weight is 362 g/mol. The molecule has 0 bridgehead atoms. The van der Waals surface area contributed by atoms with Crippen molar-refractivity contribution in [3.8, 4) is 0 Å². The molecule has 2 aromatic rings. The minimum Gasteiger partial charge on any atom is -0.348 e. The molecule has 0 unspecified atom stereocenters. The first-order valence-electron chi connectivity index (χ1n) is 8.19. The number of rotatable bonds is 4. The van der Waals surface area contributed by atoms with Crippen LogP contribution in [0, 0.1) is 0 Å². The molecular formula is C19H17F3N2O2. The molecule has 1 aliphatic rings. The molecule has 0 radical (unpaired) electrons. The maximum Gasteiger partial charge on any atom is 0.416 e. The Bertz CT molecular complexity index is 834. The quantitative estimate of drug-likeness (QED) is 0.900. The number of amides is 2. The van der Waals surface area contributed by atoms with E-state index in [-0.39, 0.29) is 18.0 Å². The lowest BCUT2D eigenvalue weighted by atomic mass is 10.1. The summed E-state index contributed by atoms with van der Waals surface area (Å²) >= 11 is 0. The Hall–Kier alpha value is -2.83. The number of carbonyl (C=O) groups is 2. The van der Waals surface area contributed by atoms with Crippen LogP contribution >= 0.6 is 0 Å². The van der Waals surface area contributed by atoms with E-state index >= 15 is 0 Å². The fraction of sp³-hybridized carbons (Fsp3) is 0.263. The molecule has 0 saturated carbocycles. The summed E-state index contributed by atoms with van der Waals surface area (Å²) in [6.45, 7) is 0.823. The number of halogens is 3. The minimum atomic E-state index is -4.49. The number of anilines is 1. The van der Waals surface area contributed by atoms with Crippen molar-refractivity contribution in [1.29, 1.82) is 0 Å². The van der Waals surface area contributed by atoms with E-state index in [4.69, 9.17) is 0 Å². The predicted octanol–water partition coefficient (Wildman–Crippen LogP) is 3.76. The molecule has 3 rings (SSSR count). The Balaban J connectivity index is 1.68. The zero-order chi connectivity index (χ0) is 18.7. The summed E-state index contributed by atoms with van der Waals surface area (Å²) in [7, 11) is 0. The molecular weight excluding hydrogens is 345 g/mol.